The Morgan fingerprint density at radius 1 is 1.42 bits per heavy atom. The highest BCUT2D eigenvalue weighted by atomic mass is 16.6. The zero-order chi connectivity index (χ0) is 13.9. The average molecular weight is 264 g/mol. The summed E-state index contributed by atoms with van der Waals surface area (Å²) in [6.45, 7) is 3.03. The molecule has 1 fully saturated rings. The molecule has 2 rings (SSSR count). The van der Waals surface area contributed by atoms with Gasteiger partial charge in [-0.1, -0.05) is 13.3 Å². The van der Waals surface area contributed by atoms with Crippen LogP contribution in [0.3, 0.4) is 0 Å². The lowest BCUT2D eigenvalue weighted by atomic mass is 9.67. The van der Waals surface area contributed by atoms with Gasteiger partial charge in [0, 0.05) is 13.6 Å². The minimum absolute atomic E-state index is 0.0565. The van der Waals surface area contributed by atoms with E-state index in [9.17, 15) is 10.1 Å². The molecular weight excluding hydrogens is 244 g/mol. The van der Waals surface area contributed by atoms with Crippen LogP contribution in [0.5, 0.6) is 0 Å². The highest BCUT2D eigenvalue weighted by Crippen LogP contribution is 2.43. The van der Waals surface area contributed by atoms with E-state index in [1.807, 2.05) is 0 Å². The van der Waals surface area contributed by atoms with Crippen LogP contribution < -0.4 is 10.6 Å². The number of nitro groups is 1. The van der Waals surface area contributed by atoms with Gasteiger partial charge >= 0.3 is 0 Å². The molecular formula is C13H20N4O2. The first-order valence-electron chi connectivity index (χ1n) is 6.67. The quantitative estimate of drug-likeness (QED) is 0.609. The average Bonchev–Trinajstić information content (AvgIpc) is 2.37. The van der Waals surface area contributed by atoms with Crippen LogP contribution in [0.15, 0.2) is 12.1 Å². The van der Waals surface area contributed by atoms with Crippen LogP contribution in [-0.2, 0) is 0 Å². The summed E-state index contributed by atoms with van der Waals surface area (Å²) < 4.78 is 0. The molecule has 0 aromatic carbocycles. The first-order chi connectivity index (χ1) is 9.08. The second kappa shape index (κ2) is 5.42. The van der Waals surface area contributed by atoms with Gasteiger partial charge in [0.15, 0.2) is 0 Å². The third-order valence-corrected chi connectivity index (χ3v) is 4.09. The van der Waals surface area contributed by atoms with Gasteiger partial charge in [-0.2, -0.15) is 0 Å². The Hall–Kier alpha value is -1.85. The summed E-state index contributed by atoms with van der Waals surface area (Å²) in [5.41, 5.74) is 0.410. The Morgan fingerprint density at radius 3 is 2.58 bits per heavy atom. The second-order valence-corrected chi connectivity index (χ2v) is 5.16. The fourth-order valence-corrected chi connectivity index (χ4v) is 2.45. The largest absolute Gasteiger partial charge is 0.373 e. The highest BCUT2D eigenvalue weighted by molar-refractivity contribution is 5.54. The van der Waals surface area contributed by atoms with Crippen LogP contribution in [-0.4, -0.2) is 23.5 Å². The van der Waals surface area contributed by atoms with E-state index in [0.717, 1.165) is 13.0 Å². The summed E-state index contributed by atoms with van der Waals surface area (Å²) in [7, 11) is 1.70. The number of pyridine rings is 1. The molecule has 6 nitrogen and oxygen atoms in total. The van der Waals surface area contributed by atoms with Crippen LogP contribution in [0.2, 0.25) is 0 Å². The molecule has 0 bridgehead atoms. The molecule has 0 atom stereocenters. The van der Waals surface area contributed by atoms with E-state index < -0.39 is 4.92 Å². The summed E-state index contributed by atoms with van der Waals surface area (Å²) >= 11 is 0. The van der Waals surface area contributed by atoms with E-state index in [-0.39, 0.29) is 5.69 Å². The molecule has 1 aliphatic rings. The zero-order valence-corrected chi connectivity index (χ0v) is 11.4. The lowest BCUT2D eigenvalue weighted by Crippen LogP contribution is -2.36. The molecule has 0 radical (unpaired) electrons. The van der Waals surface area contributed by atoms with Gasteiger partial charge in [-0.25, -0.2) is 4.98 Å². The lowest BCUT2D eigenvalue weighted by Gasteiger charge is -2.41. The smallest absolute Gasteiger partial charge is 0.276 e. The first-order valence-corrected chi connectivity index (χ1v) is 6.67. The summed E-state index contributed by atoms with van der Waals surface area (Å²) in [4.78, 5) is 14.8. The summed E-state index contributed by atoms with van der Waals surface area (Å²) in [5, 5.41) is 17.0. The van der Waals surface area contributed by atoms with Gasteiger partial charge in [-0.15, -0.1) is 0 Å². The SMILES string of the molecule is CCC1(CNc2cc([N+](=O)[O-])cc(NC)n2)CCC1. The van der Waals surface area contributed by atoms with Crippen molar-refractivity contribution in [2.24, 2.45) is 5.41 Å². The van der Waals surface area contributed by atoms with Crippen LogP contribution in [0, 0.1) is 15.5 Å². The number of hydrogen-bond donors (Lipinski definition) is 2. The summed E-state index contributed by atoms with van der Waals surface area (Å²) in [5.74, 6) is 1.08. The molecule has 2 N–H and O–H groups in total. The molecule has 0 aliphatic heterocycles. The van der Waals surface area contributed by atoms with Gasteiger partial charge < -0.3 is 10.6 Å². The Balaban J connectivity index is 2.11. The van der Waals surface area contributed by atoms with Crippen LogP contribution >= 0.6 is 0 Å². The fourth-order valence-electron chi connectivity index (χ4n) is 2.45. The van der Waals surface area contributed by atoms with Crippen molar-refractivity contribution >= 4 is 17.3 Å². The number of aromatic nitrogens is 1. The predicted molar refractivity (Wildman–Crippen MR) is 75.5 cm³/mol. The molecule has 6 heteroatoms. The third-order valence-electron chi connectivity index (χ3n) is 4.09. The van der Waals surface area contributed by atoms with E-state index in [2.05, 4.69) is 22.5 Å². The van der Waals surface area contributed by atoms with Crippen LogP contribution in [0.1, 0.15) is 32.6 Å². The number of anilines is 2. The van der Waals surface area contributed by atoms with E-state index in [1.165, 1.54) is 31.4 Å². The Labute approximate surface area is 112 Å². The fraction of sp³-hybridized carbons (Fsp3) is 0.615. The third kappa shape index (κ3) is 2.94. The van der Waals surface area contributed by atoms with Gasteiger partial charge in [0.1, 0.15) is 11.6 Å². The Kier molecular flexibility index (Phi) is 3.87. The number of nitrogens with one attached hydrogen (secondary N) is 2. The van der Waals surface area contributed by atoms with Gasteiger partial charge in [0.2, 0.25) is 0 Å². The molecule has 1 aromatic rings. The normalized spacial score (nSPS) is 16.5. The number of nitrogens with zero attached hydrogens (tertiary/aromatic N) is 2. The predicted octanol–water partition coefficient (Wildman–Crippen LogP) is 3.02. The van der Waals surface area contributed by atoms with Crippen molar-refractivity contribution in [1.82, 2.24) is 4.98 Å². The Morgan fingerprint density at radius 2 is 2.11 bits per heavy atom. The minimum atomic E-state index is -0.396. The van der Waals surface area contributed by atoms with Crippen molar-refractivity contribution in [3.8, 4) is 0 Å². The maximum Gasteiger partial charge on any atom is 0.276 e. The summed E-state index contributed by atoms with van der Waals surface area (Å²) in [6.07, 6.45) is 4.86. The van der Waals surface area contributed by atoms with Gasteiger partial charge in [0.25, 0.3) is 5.69 Å². The molecule has 104 valence electrons. The van der Waals surface area contributed by atoms with Gasteiger partial charge in [-0.3, -0.25) is 10.1 Å². The monoisotopic (exact) mass is 264 g/mol. The second-order valence-electron chi connectivity index (χ2n) is 5.16. The number of rotatable bonds is 6. The van der Waals surface area contributed by atoms with Crippen molar-refractivity contribution < 1.29 is 4.92 Å². The molecule has 0 saturated heterocycles. The van der Waals surface area contributed by atoms with Crippen LogP contribution in [0.4, 0.5) is 17.3 Å². The Bertz CT molecular complexity index is 466. The van der Waals surface area contributed by atoms with Gasteiger partial charge in [-0.05, 0) is 24.7 Å². The van der Waals surface area contributed by atoms with E-state index in [1.54, 1.807) is 7.05 Å². The molecule has 1 heterocycles. The van der Waals surface area contributed by atoms with E-state index in [4.69, 9.17) is 0 Å². The van der Waals surface area contributed by atoms with Crippen molar-refractivity contribution in [1.29, 1.82) is 0 Å². The molecule has 19 heavy (non-hydrogen) atoms. The van der Waals surface area contributed by atoms with Crippen LogP contribution in [0.25, 0.3) is 0 Å². The maximum absolute atomic E-state index is 10.9. The molecule has 1 aromatic heterocycles. The highest BCUT2D eigenvalue weighted by Gasteiger charge is 2.34. The molecule has 0 spiro atoms. The topological polar surface area (TPSA) is 80.1 Å². The van der Waals surface area contributed by atoms with E-state index >= 15 is 0 Å². The molecule has 1 saturated carbocycles. The van der Waals surface area contributed by atoms with E-state index in [0.29, 0.717) is 17.1 Å². The zero-order valence-electron chi connectivity index (χ0n) is 11.4. The molecule has 1 aliphatic carbocycles. The standard InChI is InChI=1S/C13H20N4O2/c1-3-13(5-4-6-13)9-15-12-8-10(17(18)19)7-11(14-2)16-12/h7-8H,3-6,9H2,1-2H3,(H2,14,15,16). The van der Waals surface area contributed by atoms with Gasteiger partial charge in [0.05, 0.1) is 17.1 Å². The van der Waals surface area contributed by atoms with Crippen molar-refractivity contribution in [2.45, 2.75) is 32.6 Å². The van der Waals surface area contributed by atoms with Crippen molar-refractivity contribution in [3.05, 3.63) is 22.2 Å². The van der Waals surface area contributed by atoms with Crippen molar-refractivity contribution in [2.75, 3.05) is 24.2 Å². The molecule has 0 unspecified atom stereocenters. The summed E-state index contributed by atoms with van der Waals surface area (Å²) in [6, 6.07) is 2.92. The first kappa shape index (κ1) is 13.6. The van der Waals surface area contributed by atoms with Crippen molar-refractivity contribution in [3.63, 3.8) is 0 Å². The molecule has 0 amide bonds. The lowest BCUT2D eigenvalue weighted by molar-refractivity contribution is -0.384. The maximum atomic E-state index is 10.9. The minimum Gasteiger partial charge on any atom is -0.373 e. The number of hydrogen-bond acceptors (Lipinski definition) is 5.